The first-order valence-corrected chi connectivity index (χ1v) is 21.1. The van der Waals surface area contributed by atoms with E-state index < -0.39 is 5.41 Å². The molecule has 0 amide bonds. The molecule has 3 aliphatic rings. The third-order valence-electron chi connectivity index (χ3n) is 13.1. The van der Waals surface area contributed by atoms with Crippen molar-refractivity contribution in [3.63, 3.8) is 0 Å². The van der Waals surface area contributed by atoms with E-state index in [4.69, 9.17) is 0 Å². The summed E-state index contributed by atoms with van der Waals surface area (Å²) in [6.07, 6.45) is 0. The number of benzene rings is 9. The van der Waals surface area contributed by atoms with Crippen LogP contribution in [0.2, 0.25) is 0 Å². The number of nitrogens with zero attached hydrogens (tertiary/aromatic N) is 1. The lowest BCUT2D eigenvalue weighted by Crippen LogP contribution is -2.32. The zero-order chi connectivity index (χ0) is 38.6. The molecule has 0 saturated heterocycles. The highest BCUT2D eigenvalue weighted by Gasteiger charge is 2.50. The third kappa shape index (κ3) is 4.55. The average molecular weight is 758 g/mol. The summed E-state index contributed by atoms with van der Waals surface area (Å²) >= 11 is 1.93. The largest absolute Gasteiger partial charge is 0.310 e. The van der Waals surface area contributed by atoms with Crippen LogP contribution in [0.25, 0.3) is 44.2 Å². The Labute approximate surface area is 344 Å². The van der Waals surface area contributed by atoms with E-state index in [0.29, 0.717) is 0 Å². The van der Waals surface area contributed by atoms with Gasteiger partial charge >= 0.3 is 0 Å². The van der Waals surface area contributed by atoms with E-state index in [-0.39, 0.29) is 5.41 Å². The lowest BCUT2D eigenvalue weighted by Gasteiger charge is -2.40. The molecule has 0 fully saturated rings. The molecule has 0 N–H and O–H groups in total. The smallest absolute Gasteiger partial charge is 0.0735 e. The van der Waals surface area contributed by atoms with E-state index in [2.05, 4.69) is 219 Å². The molecule has 1 nitrogen and oxygen atoms in total. The first-order valence-electron chi connectivity index (χ1n) is 20.3. The molecule has 1 aliphatic heterocycles. The standard InChI is InChI=1S/C56H39NS/c1-55(2)46-23-11-8-20-42(46)45-33-32-40(35-50(45)55)57(38-17-4-3-5-18-38)39-30-28-36(29-31-39)53-41-19-7-6-16-37(41)34-51-54(53)58-52-27-15-14-26-49(52)56(51)47-24-12-9-21-43(47)44-22-10-13-25-48(44)56/h3-35H,1-2H3. The Hall–Kier alpha value is -6.61. The number of fused-ring (bicyclic) bond motifs is 13. The van der Waals surface area contributed by atoms with Crippen molar-refractivity contribution >= 4 is 39.6 Å². The van der Waals surface area contributed by atoms with E-state index in [1.165, 1.54) is 87.3 Å². The first kappa shape index (κ1) is 33.5. The number of para-hydroxylation sites is 1. The van der Waals surface area contributed by atoms with Crippen molar-refractivity contribution in [3.8, 4) is 33.4 Å². The van der Waals surface area contributed by atoms with Gasteiger partial charge in [-0.2, -0.15) is 0 Å². The Bertz CT molecular complexity index is 3080. The van der Waals surface area contributed by atoms with Gasteiger partial charge in [-0.1, -0.05) is 177 Å². The van der Waals surface area contributed by atoms with Crippen LogP contribution < -0.4 is 4.90 Å². The van der Waals surface area contributed by atoms with Crippen LogP contribution in [0.15, 0.2) is 210 Å². The summed E-state index contributed by atoms with van der Waals surface area (Å²) in [5.41, 5.74) is 18.9. The number of hydrogen-bond acceptors (Lipinski definition) is 2. The molecule has 58 heavy (non-hydrogen) atoms. The topological polar surface area (TPSA) is 3.24 Å². The summed E-state index contributed by atoms with van der Waals surface area (Å²) in [6.45, 7) is 4.72. The van der Waals surface area contributed by atoms with Gasteiger partial charge in [-0.15, -0.1) is 0 Å². The van der Waals surface area contributed by atoms with Gasteiger partial charge in [0.15, 0.2) is 0 Å². The summed E-state index contributed by atoms with van der Waals surface area (Å²) in [5, 5.41) is 2.53. The lowest BCUT2D eigenvalue weighted by atomic mass is 9.66. The van der Waals surface area contributed by atoms with Gasteiger partial charge in [-0.25, -0.2) is 0 Å². The molecular weight excluding hydrogens is 719 g/mol. The normalized spacial score (nSPS) is 14.6. The predicted molar refractivity (Wildman–Crippen MR) is 243 cm³/mol. The second kappa shape index (κ2) is 12.4. The van der Waals surface area contributed by atoms with Gasteiger partial charge in [0.05, 0.1) is 5.41 Å². The maximum Gasteiger partial charge on any atom is 0.0735 e. The Balaban J connectivity index is 1.06. The summed E-state index contributed by atoms with van der Waals surface area (Å²) in [5.74, 6) is 0. The van der Waals surface area contributed by atoms with E-state index in [1.54, 1.807) is 0 Å². The van der Waals surface area contributed by atoms with Crippen LogP contribution in [0.4, 0.5) is 17.1 Å². The van der Waals surface area contributed by atoms with Crippen molar-refractivity contribution in [2.45, 2.75) is 34.5 Å². The van der Waals surface area contributed by atoms with Crippen molar-refractivity contribution in [3.05, 3.63) is 234 Å². The molecule has 0 unspecified atom stereocenters. The van der Waals surface area contributed by atoms with Crippen LogP contribution in [-0.4, -0.2) is 0 Å². The molecule has 2 heteroatoms. The quantitative estimate of drug-likeness (QED) is 0.176. The van der Waals surface area contributed by atoms with Gasteiger partial charge in [-0.3, -0.25) is 0 Å². The summed E-state index contributed by atoms with van der Waals surface area (Å²) in [4.78, 5) is 5.05. The fourth-order valence-corrected chi connectivity index (χ4v) is 11.9. The fourth-order valence-electron chi connectivity index (χ4n) is 10.6. The fraction of sp³-hybridized carbons (Fsp3) is 0.0714. The molecule has 0 bridgehead atoms. The maximum atomic E-state index is 2.50. The minimum Gasteiger partial charge on any atom is -0.310 e. The van der Waals surface area contributed by atoms with Gasteiger partial charge in [0, 0.05) is 37.8 Å². The van der Waals surface area contributed by atoms with Gasteiger partial charge < -0.3 is 4.90 Å². The second-order valence-corrected chi connectivity index (χ2v) is 17.5. The van der Waals surface area contributed by atoms with Gasteiger partial charge in [0.1, 0.15) is 0 Å². The lowest BCUT2D eigenvalue weighted by molar-refractivity contribution is 0.660. The van der Waals surface area contributed by atoms with Gasteiger partial charge in [0.2, 0.25) is 0 Å². The summed E-state index contributed by atoms with van der Waals surface area (Å²) < 4.78 is 0. The maximum absolute atomic E-state index is 2.50. The Morgan fingerprint density at radius 3 is 1.66 bits per heavy atom. The summed E-state index contributed by atoms with van der Waals surface area (Å²) in [7, 11) is 0. The molecular formula is C56H39NS. The van der Waals surface area contributed by atoms with E-state index in [0.717, 1.165) is 17.1 Å². The van der Waals surface area contributed by atoms with Crippen LogP contribution >= 0.6 is 11.8 Å². The Kier molecular flexibility index (Phi) is 7.19. The number of rotatable bonds is 4. The molecule has 0 saturated carbocycles. The minimum absolute atomic E-state index is 0.0877. The molecule has 0 radical (unpaired) electrons. The van der Waals surface area contributed by atoms with Crippen molar-refractivity contribution < 1.29 is 0 Å². The van der Waals surface area contributed by atoms with E-state index in [9.17, 15) is 0 Å². The van der Waals surface area contributed by atoms with Crippen molar-refractivity contribution in [1.82, 2.24) is 0 Å². The van der Waals surface area contributed by atoms with Crippen LogP contribution in [0.1, 0.15) is 47.2 Å². The SMILES string of the molecule is CC1(C)c2ccccc2-c2ccc(N(c3ccccc3)c3ccc(-c4c5c(cc6ccccc46)C4(c6ccccc6S5)c5ccccc5-c5ccccc54)cc3)cc21. The zero-order valence-corrected chi connectivity index (χ0v) is 33.2. The molecule has 1 heterocycles. The highest BCUT2D eigenvalue weighted by atomic mass is 32.2. The zero-order valence-electron chi connectivity index (χ0n) is 32.4. The average Bonchev–Trinajstić information content (AvgIpc) is 3.69. The molecule has 1 spiro atoms. The molecule has 9 aromatic rings. The molecule has 0 atom stereocenters. The highest BCUT2D eigenvalue weighted by molar-refractivity contribution is 7.99. The number of anilines is 3. The third-order valence-corrected chi connectivity index (χ3v) is 14.3. The predicted octanol–water partition coefficient (Wildman–Crippen LogP) is 15.1. The first-order chi connectivity index (χ1) is 28.5. The van der Waals surface area contributed by atoms with Crippen LogP contribution in [0.3, 0.4) is 0 Å². The second-order valence-electron chi connectivity index (χ2n) is 16.4. The monoisotopic (exact) mass is 757 g/mol. The minimum atomic E-state index is -0.436. The van der Waals surface area contributed by atoms with Crippen LogP contribution in [0.5, 0.6) is 0 Å². The number of hydrogen-bond donors (Lipinski definition) is 0. The molecule has 0 aromatic heterocycles. The molecule has 2 aliphatic carbocycles. The Morgan fingerprint density at radius 2 is 0.931 bits per heavy atom. The molecule has 274 valence electrons. The highest BCUT2D eigenvalue weighted by Crippen LogP contribution is 2.64. The Morgan fingerprint density at radius 1 is 0.397 bits per heavy atom. The van der Waals surface area contributed by atoms with Crippen molar-refractivity contribution in [1.29, 1.82) is 0 Å². The molecule has 12 rings (SSSR count). The summed E-state index contributed by atoms with van der Waals surface area (Å²) in [6, 6.07) is 74.8. The van der Waals surface area contributed by atoms with Crippen LogP contribution in [0, 0.1) is 0 Å². The van der Waals surface area contributed by atoms with E-state index in [1.807, 2.05) is 11.8 Å². The van der Waals surface area contributed by atoms with E-state index >= 15 is 0 Å². The van der Waals surface area contributed by atoms with Gasteiger partial charge in [-0.05, 0) is 121 Å². The van der Waals surface area contributed by atoms with Gasteiger partial charge in [0.25, 0.3) is 0 Å². The molecule has 9 aromatic carbocycles. The van der Waals surface area contributed by atoms with Crippen molar-refractivity contribution in [2.24, 2.45) is 0 Å². The van der Waals surface area contributed by atoms with Crippen LogP contribution in [-0.2, 0) is 10.8 Å². The van der Waals surface area contributed by atoms with Crippen molar-refractivity contribution in [2.75, 3.05) is 4.90 Å².